The lowest BCUT2D eigenvalue weighted by atomic mass is 10.2. The third-order valence-electron chi connectivity index (χ3n) is 3.84. The summed E-state index contributed by atoms with van der Waals surface area (Å²) in [5.74, 6) is 0. The van der Waals surface area contributed by atoms with Crippen LogP contribution in [0.3, 0.4) is 0 Å². The minimum Gasteiger partial charge on any atom is -0.391 e. The van der Waals surface area contributed by atoms with Gasteiger partial charge in [-0.05, 0) is 23.3 Å². The second-order valence-corrected chi connectivity index (χ2v) is 6.68. The second-order valence-electron chi connectivity index (χ2n) is 5.87. The molecule has 28 heavy (non-hydrogen) atoms. The van der Waals surface area contributed by atoms with Crippen molar-refractivity contribution < 1.29 is 9.68 Å². The molecule has 4 nitrogen and oxygen atoms in total. The zero-order valence-corrected chi connectivity index (χ0v) is 16.5. The summed E-state index contributed by atoms with van der Waals surface area (Å²) in [7, 11) is 0. The highest BCUT2D eigenvalue weighted by Crippen LogP contribution is 2.16. The molecule has 0 spiro atoms. The lowest BCUT2D eigenvalue weighted by Gasteiger charge is -2.02. The minimum atomic E-state index is 0.323. The first-order valence-electron chi connectivity index (χ1n) is 8.60. The smallest absolute Gasteiger partial charge is 0.143 e. The van der Waals surface area contributed by atoms with Gasteiger partial charge in [-0.1, -0.05) is 94.2 Å². The van der Waals surface area contributed by atoms with Crippen LogP contribution in [0.15, 0.2) is 83.1 Å². The molecule has 0 aliphatic rings. The Morgan fingerprint density at radius 3 is 1.39 bits per heavy atom. The fourth-order valence-corrected chi connectivity index (χ4v) is 2.69. The Bertz CT molecular complexity index is 878. The van der Waals surface area contributed by atoms with E-state index in [4.69, 9.17) is 32.9 Å². The van der Waals surface area contributed by atoms with Crippen LogP contribution in [0.25, 0.3) is 0 Å². The maximum Gasteiger partial charge on any atom is 0.143 e. The molecule has 142 valence electrons. The molecule has 3 aromatic rings. The Morgan fingerprint density at radius 1 is 0.607 bits per heavy atom. The molecule has 0 aromatic heterocycles. The summed E-state index contributed by atoms with van der Waals surface area (Å²) in [4.78, 5) is 10.6. The molecule has 0 unspecified atom stereocenters. The van der Waals surface area contributed by atoms with E-state index in [-0.39, 0.29) is 0 Å². The van der Waals surface area contributed by atoms with Gasteiger partial charge in [0.2, 0.25) is 0 Å². The van der Waals surface area contributed by atoms with E-state index in [0.717, 1.165) is 22.3 Å². The van der Waals surface area contributed by atoms with E-state index in [9.17, 15) is 0 Å². The fraction of sp³-hybridized carbons (Fsp3) is 0.0909. The van der Waals surface area contributed by atoms with Crippen molar-refractivity contribution in [3.05, 3.63) is 105 Å². The van der Waals surface area contributed by atoms with Crippen LogP contribution in [-0.4, -0.2) is 12.4 Å². The summed E-state index contributed by atoms with van der Waals surface area (Å²) in [5, 5.41) is 9.27. The normalized spacial score (nSPS) is 11.2. The van der Waals surface area contributed by atoms with Gasteiger partial charge in [0.25, 0.3) is 0 Å². The average Bonchev–Trinajstić information content (AvgIpc) is 2.72. The van der Waals surface area contributed by atoms with Crippen LogP contribution in [0, 0.1) is 0 Å². The van der Waals surface area contributed by atoms with Crippen molar-refractivity contribution in [2.24, 2.45) is 10.3 Å². The van der Waals surface area contributed by atoms with Crippen molar-refractivity contribution in [1.82, 2.24) is 0 Å². The van der Waals surface area contributed by atoms with Gasteiger partial charge in [-0.3, -0.25) is 0 Å². The molecule has 0 saturated heterocycles. The van der Waals surface area contributed by atoms with E-state index in [1.54, 1.807) is 12.4 Å². The number of halogens is 2. The van der Waals surface area contributed by atoms with Gasteiger partial charge in [-0.2, -0.15) is 0 Å². The summed E-state index contributed by atoms with van der Waals surface area (Å²) in [6.07, 6.45) is 3.29. The minimum absolute atomic E-state index is 0.323. The summed E-state index contributed by atoms with van der Waals surface area (Å²) >= 11 is 12.1. The fourth-order valence-electron chi connectivity index (χ4n) is 2.31. The molecule has 6 heteroatoms. The first-order valence-corrected chi connectivity index (χ1v) is 9.35. The van der Waals surface area contributed by atoms with Crippen LogP contribution in [0.5, 0.6) is 0 Å². The zero-order valence-electron chi connectivity index (χ0n) is 15.0. The number of hydrogen-bond acceptors (Lipinski definition) is 4. The van der Waals surface area contributed by atoms with Crippen molar-refractivity contribution in [2.75, 3.05) is 0 Å². The largest absolute Gasteiger partial charge is 0.391 e. The Kier molecular flexibility index (Phi) is 7.47. The molecule has 3 rings (SSSR count). The van der Waals surface area contributed by atoms with Gasteiger partial charge in [0.1, 0.15) is 13.2 Å². The van der Waals surface area contributed by atoms with Crippen LogP contribution in [0.1, 0.15) is 22.3 Å². The zero-order chi connectivity index (χ0) is 19.6. The highest BCUT2D eigenvalue weighted by Gasteiger charge is 1.99. The first kappa shape index (κ1) is 19.9. The molecule has 0 atom stereocenters. The lowest BCUT2D eigenvalue weighted by Crippen LogP contribution is -1.91. The van der Waals surface area contributed by atoms with E-state index >= 15 is 0 Å². The monoisotopic (exact) mass is 412 g/mol. The SMILES string of the molecule is Clc1ccccc1CO/N=C/c1ccc(/C=N/OCc2ccccc2Cl)cc1. The average molecular weight is 413 g/mol. The molecule has 0 aliphatic heterocycles. The first-order chi connectivity index (χ1) is 13.7. The highest BCUT2D eigenvalue weighted by molar-refractivity contribution is 6.31. The quantitative estimate of drug-likeness (QED) is 0.331. The van der Waals surface area contributed by atoms with Crippen LogP contribution >= 0.6 is 23.2 Å². The van der Waals surface area contributed by atoms with Crippen molar-refractivity contribution in [3.63, 3.8) is 0 Å². The number of oxime groups is 2. The maximum absolute atomic E-state index is 6.07. The van der Waals surface area contributed by atoms with Crippen LogP contribution in [0.4, 0.5) is 0 Å². The summed E-state index contributed by atoms with van der Waals surface area (Å²) in [5.41, 5.74) is 3.61. The molecule has 0 N–H and O–H groups in total. The van der Waals surface area contributed by atoms with Crippen molar-refractivity contribution in [3.8, 4) is 0 Å². The topological polar surface area (TPSA) is 43.2 Å². The van der Waals surface area contributed by atoms with E-state index in [0.29, 0.717) is 23.3 Å². The maximum atomic E-state index is 6.07. The second kappa shape index (κ2) is 10.5. The molecule has 0 fully saturated rings. The predicted octanol–water partition coefficient (Wildman–Crippen LogP) is 6.09. The molecule has 0 saturated carbocycles. The molecule has 0 amide bonds. The number of rotatable bonds is 8. The summed E-state index contributed by atoms with van der Waals surface area (Å²) in [6.45, 7) is 0.646. The summed E-state index contributed by atoms with van der Waals surface area (Å²) < 4.78 is 0. The van der Waals surface area contributed by atoms with E-state index < -0.39 is 0 Å². The van der Waals surface area contributed by atoms with Gasteiger partial charge in [-0.15, -0.1) is 0 Å². The van der Waals surface area contributed by atoms with Gasteiger partial charge in [0, 0.05) is 21.2 Å². The van der Waals surface area contributed by atoms with Gasteiger partial charge in [0.15, 0.2) is 0 Å². The standard InChI is InChI=1S/C22H18Cl2N2O2/c23-21-7-3-1-5-19(21)15-27-25-13-17-9-11-18(12-10-17)14-26-28-16-20-6-2-4-8-22(20)24/h1-14H,15-16H2/b25-13+,26-14+. The van der Waals surface area contributed by atoms with Gasteiger partial charge in [0.05, 0.1) is 12.4 Å². The number of benzene rings is 3. The predicted molar refractivity (Wildman–Crippen MR) is 114 cm³/mol. The van der Waals surface area contributed by atoms with Gasteiger partial charge < -0.3 is 9.68 Å². The molecule has 0 radical (unpaired) electrons. The summed E-state index contributed by atoms with van der Waals surface area (Å²) in [6, 6.07) is 22.7. The molecular weight excluding hydrogens is 395 g/mol. The van der Waals surface area contributed by atoms with Crippen LogP contribution in [-0.2, 0) is 22.9 Å². The Balaban J connectivity index is 1.45. The third kappa shape index (κ3) is 6.12. The molecule has 0 heterocycles. The lowest BCUT2D eigenvalue weighted by molar-refractivity contribution is 0.132. The van der Waals surface area contributed by atoms with Gasteiger partial charge in [-0.25, -0.2) is 0 Å². The van der Waals surface area contributed by atoms with E-state index in [1.165, 1.54) is 0 Å². The van der Waals surface area contributed by atoms with Crippen LogP contribution in [0.2, 0.25) is 10.0 Å². The van der Waals surface area contributed by atoms with Crippen molar-refractivity contribution in [2.45, 2.75) is 13.2 Å². The Labute approximate surface area is 174 Å². The molecule has 0 bridgehead atoms. The molecule has 0 aliphatic carbocycles. The number of hydrogen-bond donors (Lipinski definition) is 0. The van der Waals surface area contributed by atoms with Gasteiger partial charge >= 0.3 is 0 Å². The van der Waals surface area contributed by atoms with E-state index in [2.05, 4.69) is 10.3 Å². The Hall–Kier alpha value is -2.82. The van der Waals surface area contributed by atoms with Crippen LogP contribution < -0.4 is 0 Å². The van der Waals surface area contributed by atoms with Crippen molar-refractivity contribution in [1.29, 1.82) is 0 Å². The molecule has 3 aromatic carbocycles. The Morgan fingerprint density at radius 2 is 1.00 bits per heavy atom. The number of nitrogens with zero attached hydrogens (tertiary/aromatic N) is 2. The highest BCUT2D eigenvalue weighted by atomic mass is 35.5. The van der Waals surface area contributed by atoms with E-state index in [1.807, 2.05) is 72.8 Å². The van der Waals surface area contributed by atoms with Crippen molar-refractivity contribution >= 4 is 35.6 Å². The molecular formula is C22H18Cl2N2O2. The third-order valence-corrected chi connectivity index (χ3v) is 4.58.